The molecular formula is C24H33NO6Si. The van der Waals surface area contributed by atoms with Crippen LogP contribution in [0.4, 0.5) is 0 Å². The number of ketones is 1. The minimum atomic E-state index is -2.35. The van der Waals surface area contributed by atoms with Gasteiger partial charge in [0, 0.05) is 6.42 Å². The van der Waals surface area contributed by atoms with E-state index in [1.807, 2.05) is 76.3 Å². The molecule has 0 aromatic heterocycles. The summed E-state index contributed by atoms with van der Waals surface area (Å²) in [6, 6.07) is 11.3. The molecule has 7 nitrogen and oxygen atoms in total. The number of ether oxygens (including phenoxy) is 1. The highest BCUT2D eigenvalue weighted by atomic mass is 28.4. The number of nitrogens with zero attached hydrogens (tertiary/aromatic N) is 1. The second-order valence-corrected chi connectivity index (χ2v) is 13.9. The van der Waals surface area contributed by atoms with Crippen LogP contribution in [0, 0.1) is 17.2 Å². The van der Waals surface area contributed by atoms with Crippen LogP contribution in [0.1, 0.15) is 45.6 Å². The van der Waals surface area contributed by atoms with Crippen molar-refractivity contribution >= 4 is 32.1 Å². The Labute approximate surface area is 191 Å². The summed E-state index contributed by atoms with van der Waals surface area (Å²) in [6.07, 6.45) is 2.54. The van der Waals surface area contributed by atoms with E-state index in [9.17, 15) is 24.8 Å². The number of hydrogen-bond donors (Lipinski definition) is 1. The molecule has 0 spiro atoms. The number of benzene rings is 1. The third-order valence-corrected chi connectivity index (χ3v) is 9.96. The minimum absolute atomic E-state index is 0.0344. The van der Waals surface area contributed by atoms with Gasteiger partial charge >= 0.3 is 11.9 Å². The average Bonchev–Trinajstić information content (AvgIpc) is 2.67. The van der Waals surface area contributed by atoms with Crippen LogP contribution >= 0.6 is 0 Å². The molecule has 1 aromatic carbocycles. The predicted molar refractivity (Wildman–Crippen MR) is 124 cm³/mol. The first-order valence-corrected chi connectivity index (χ1v) is 13.5. The molecule has 0 fully saturated rings. The van der Waals surface area contributed by atoms with Gasteiger partial charge in [0.2, 0.25) is 5.92 Å². The number of carbonyl (C=O) groups excluding carboxylic acids is 2. The molecule has 32 heavy (non-hydrogen) atoms. The summed E-state index contributed by atoms with van der Waals surface area (Å²) in [5.41, 5.74) is 1.01. The lowest BCUT2D eigenvalue weighted by molar-refractivity contribution is -0.149. The number of carbonyl (C=O) groups is 3. The minimum Gasteiger partial charge on any atom is -0.481 e. The van der Waals surface area contributed by atoms with Crippen molar-refractivity contribution in [3.05, 3.63) is 42.0 Å². The average molecular weight is 460 g/mol. The fraction of sp³-hybridized carbons (Fsp3) is 0.500. The van der Waals surface area contributed by atoms with Crippen molar-refractivity contribution in [2.45, 2.75) is 64.3 Å². The molecule has 8 heteroatoms. The highest BCUT2D eigenvalue weighted by molar-refractivity contribution is 6.74. The Kier molecular flexibility index (Phi) is 10.5. The smallest absolute Gasteiger partial charge is 0.331 e. The van der Waals surface area contributed by atoms with Crippen molar-refractivity contribution in [3.63, 3.8) is 0 Å². The standard InChI is InChI=1S/C24H33NO6Si/c1-24(2,3)32(4,5)31-19(16-22(27)28)15-21(26)20(17-25)23(29)30-14-10-9-13-18-11-7-6-8-12-18/h6-9,11-13,19-20H,10,14-16H2,1-5H3,(H,27,28)/t19?,20-/m1/s1. The SMILES string of the molecule is CC(C)(C)[Si](C)(C)OC(CC(=O)O)CC(=O)[C@@H](C#N)C(=O)OCCC=Cc1ccccc1. The van der Waals surface area contributed by atoms with Crippen LogP contribution in [0.2, 0.25) is 18.1 Å². The number of carboxylic acids is 1. The van der Waals surface area contributed by atoms with Gasteiger partial charge in [-0.2, -0.15) is 5.26 Å². The summed E-state index contributed by atoms with van der Waals surface area (Å²) < 4.78 is 11.2. The molecule has 1 rings (SSSR count). The summed E-state index contributed by atoms with van der Waals surface area (Å²) in [5, 5.41) is 18.4. The van der Waals surface area contributed by atoms with E-state index in [1.165, 1.54) is 0 Å². The Bertz CT molecular complexity index is 851. The van der Waals surface area contributed by atoms with Crippen molar-refractivity contribution in [1.29, 1.82) is 5.26 Å². The Morgan fingerprint density at radius 2 is 1.78 bits per heavy atom. The maximum Gasteiger partial charge on any atom is 0.331 e. The van der Waals surface area contributed by atoms with Crippen molar-refractivity contribution in [2.24, 2.45) is 5.92 Å². The van der Waals surface area contributed by atoms with Gasteiger partial charge in [-0.1, -0.05) is 63.3 Å². The zero-order valence-corrected chi connectivity index (χ0v) is 20.5. The molecule has 0 amide bonds. The first-order valence-electron chi connectivity index (χ1n) is 10.6. The lowest BCUT2D eigenvalue weighted by Crippen LogP contribution is -2.45. The molecule has 174 valence electrons. The largest absolute Gasteiger partial charge is 0.481 e. The molecule has 0 bridgehead atoms. The zero-order valence-electron chi connectivity index (χ0n) is 19.5. The monoisotopic (exact) mass is 459 g/mol. The van der Waals surface area contributed by atoms with Gasteiger partial charge in [0.05, 0.1) is 25.2 Å². The number of carboxylic acid groups (broad SMARTS) is 1. The van der Waals surface area contributed by atoms with E-state index < -0.39 is 38.1 Å². The molecule has 2 atom stereocenters. The van der Waals surface area contributed by atoms with E-state index in [0.717, 1.165) is 5.56 Å². The summed E-state index contributed by atoms with van der Waals surface area (Å²) in [5.74, 6) is -4.33. The van der Waals surface area contributed by atoms with Crippen LogP contribution in [0.15, 0.2) is 36.4 Å². The van der Waals surface area contributed by atoms with Crippen LogP contribution in [0.25, 0.3) is 6.08 Å². The topological polar surface area (TPSA) is 114 Å². The van der Waals surface area contributed by atoms with E-state index >= 15 is 0 Å². The second kappa shape index (κ2) is 12.3. The maximum absolute atomic E-state index is 12.6. The summed E-state index contributed by atoms with van der Waals surface area (Å²) in [6.45, 7) is 9.94. The molecular weight excluding hydrogens is 426 g/mol. The van der Waals surface area contributed by atoms with Crippen molar-refractivity contribution in [3.8, 4) is 6.07 Å². The Morgan fingerprint density at radius 1 is 1.16 bits per heavy atom. The van der Waals surface area contributed by atoms with Crippen molar-refractivity contribution in [2.75, 3.05) is 6.61 Å². The van der Waals surface area contributed by atoms with Crippen molar-refractivity contribution in [1.82, 2.24) is 0 Å². The van der Waals surface area contributed by atoms with Crippen LogP contribution in [-0.4, -0.2) is 43.9 Å². The summed E-state index contributed by atoms with van der Waals surface area (Å²) in [7, 11) is -2.35. The number of nitriles is 1. The Hall–Kier alpha value is -2.76. The van der Waals surface area contributed by atoms with E-state index in [0.29, 0.717) is 6.42 Å². The molecule has 1 unspecified atom stereocenters. The van der Waals surface area contributed by atoms with Crippen LogP contribution in [-0.2, 0) is 23.5 Å². The first-order chi connectivity index (χ1) is 14.9. The maximum atomic E-state index is 12.6. The van der Waals surface area contributed by atoms with E-state index in [1.54, 1.807) is 6.07 Å². The van der Waals surface area contributed by atoms with E-state index in [-0.39, 0.29) is 24.5 Å². The molecule has 0 heterocycles. The van der Waals surface area contributed by atoms with Gasteiger partial charge in [-0.15, -0.1) is 0 Å². The Balaban J connectivity index is 2.68. The highest BCUT2D eigenvalue weighted by Crippen LogP contribution is 2.38. The summed E-state index contributed by atoms with van der Waals surface area (Å²) >= 11 is 0. The fourth-order valence-corrected chi connectivity index (χ4v) is 3.99. The molecule has 0 radical (unpaired) electrons. The third kappa shape index (κ3) is 9.16. The lowest BCUT2D eigenvalue weighted by atomic mass is 9.99. The van der Waals surface area contributed by atoms with Gasteiger partial charge in [-0.3, -0.25) is 14.4 Å². The molecule has 0 saturated heterocycles. The molecule has 0 saturated carbocycles. The van der Waals surface area contributed by atoms with Crippen LogP contribution in [0.3, 0.4) is 0 Å². The van der Waals surface area contributed by atoms with Gasteiger partial charge in [0.25, 0.3) is 0 Å². The lowest BCUT2D eigenvalue weighted by Gasteiger charge is -2.39. The molecule has 0 aliphatic heterocycles. The quantitative estimate of drug-likeness (QED) is 0.210. The predicted octanol–water partition coefficient (Wildman–Crippen LogP) is 4.60. The first kappa shape index (κ1) is 27.3. The van der Waals surface area contributed by atoms with Gasteiger partial charge in [0.1, 0.15) is 0 Å². The molecule has 1 aromatic rings. The number of Topliss-reactive ketones (excluding diaryl/α,β-unsaturated/α-hetero) is 1. The van der Waals surface area contributed by atoms with E-state index in [4.69, 9.17) is 9.16 Å². The van der Waals surface area contributed by atoms with Crippen LogP contribution in [0.5, 0.6) is 0 Å². The second-order valence-electron chi connectivity index (χ2n) is 9.10. The zero-order chi connectivity index (χ0) is 24.4. The molecule has 0 aliphatic rings. The van der Waals surface area contributed by atoms with Crippen molar-refractivity contribution < 1.29 is 28.7 Å². The number of rotatable bonds is 12. The summed E-state index contributed by atoms with van der Waals surface area (Å²) in [4.78, 5) is 36.1. The van der Waals surface area contributed by atoms with Gasteiger partial charge in [-0.05, 0) is 30.1 Å². The number of hydrogen-bond acceptors (Lipinski definition) is 6. The van der Waals surface area contributed by atoms with Crippen LogP contribution < -0.4 is 0 Å². The highest BCUT2D eigenvalue weighted by Gasteiger charge is 2.41. The number of esters is 1. The van der Waals surface area contributed by atoms with Gasteiger partial charge in [-0.25, -0.2) is 0 Å². The van der Waals surface area contributed by atoms with E-state index in [2.05, 4.69) is 0 Å². The number of aliphatic carboxylic acids is 1. The van der Waals surface area contributed by atoms with Gasteiger partial charge in [0.15, 0.2) is 14.1 Å². The molecule has 0 aliphatic carbocycles. The third-order valence-electron chi connectivity index (χ3n) is 5.42. The molecule has 1 N–H and O–H groups in total. The Morgan fingerprint density at radius 3 is 2.31 bits per heavy atom. The fourth-order valence-electron chi connectivity index (χ4n) is 2.64. The van der Waals surface area contributed by atoms with Gasteiger partial charge < -0.3 is 14.3 Å². The normalized spacial score (nSPS) is 13.9.